The SMILES string of the molecule is CNC(=O)[C@H](C)N(Cc1cccc(Br)c1)C(=O)COc1ccccc1C(C)(C)C. The summed E-state index contributed by atoms with van der Waals surface area (Å²) in [6, 6.07) is 14.8. The minimum Gasteiger partial charge on any atom is -0.483 e. The molecule has 0 radical (unpaired) electrons. The largest absolute Gasteiger partial charge is 0.483 e. The third-order valence-electron chi connectivity index (χ3n) is 4.70. The number of benzene rings is 2. The van der Waals surface area contributed by atoms with Crippen molar-refractivity contribution in [1.29, 1.82) is 0 Å². The maximum absolute atomic E-state index is 13.0. The molecule has 0 aromatic heterocycles. The van der Waals surface area contributed by atoms with Crippen molar-refractivity contribution in [2.45, 2.75) is 45.7 Å². The van der Waals surface area contributed by atoms with Gasteiger partial charge in [0, 0.05) is 18.1 Å². The number of carbonyl (C=O) groups is 2. The molecule has 0 aliphatic rings. The van der Waals surface area contributed by atoms with Gasteiger partial charge < -0.3 is 15.0 Å². The van der Waals surface area contributed by atoms with Crippen LogP contribution in [0.4, 0.5) is 0 Å². The molecule has 2 rings (SSSR count). The van der Waals surface area contributed by atoms with Crippen molar-refractivity contribution in [2.24, 2.45) is 0 Å². The smallest absolute Gasteiger partial charge is 0.261 e. The van der Waals surface area contributed by atoms with E-state index in [0.29, 0.717) is 12.3 Å². The number of amides is 2. The van der Waals surface area contributed by atoms with E-state index in [-0.39, 0.29) is 23.8 Å². The van der Waals surface area contributed by atoms with Crippen LogP contribution in [-0.4, -0.2) is 36.4 Å². The van der Waals surface area contributed by atoms with Crippen LogP contribution in [0, 0.1) is 0 Å². The Labute approximate surface area is 181 Å². The summed E-state index contributed by atoms with van der Waals surface area (Å²) >= 11 is 3.45. The van der Waals surface area contributed by atoms with E-state index in [4.69, 9.17) is 4.74 Å². The molecular formula is C23H29BrN2O3. The first kappa shape index (κ1) is 22.9. The summed E-state index contributed by atoms with van der Waals surface area (Å²) in [5.74, 6) is 0.219. The Bertz CT molecular complexity index is 861. The number of hydrogen-bond donors (Lipinski definition) is 1. The van der Waals surface area contributed by atoms with Gasteiger partial charge >= 0.3 is 0 Å². The van der Waals surface area contributed by atoms with Gasteiger partial charge in [-0.1, -0.05) is 67.0 Å². The van der Waals surface area contributed by atoms with Crippen LogP contribution in [0.5, 0.6) is 5.75 Å². The predicted octanol–water partition coefficient (Wildman–Crippen LogP) is 4.29. The monoisotopic (exact) mass is 460 g/mol. The molecular weight excluding hydrogens is 432 g/mol. The van der Waals surface area contributed by atoms with Crippen LogP contribution in [0.15, 0.2) is 53.0 Å². The Balaban J connectivity index is 2.21. The fourth-order valence-electron chi connectivity index (χ4n) is 3.06. The van der Waals surface area contributed by atoms with Crippen LogP contribution in [0.3, 0.4) is 0 Å². The number of para-hydroxylation sites is 1. The molecule has 0 bridgehead atoms. The molecule has 0 saturated heterocycles. The van der Waals surface area contributed by atoms with E-state index in [1.54, 1.807) is 18.9 Å². The lowest BCUT2D eigenvalue weighted by molar-refractivity contribution is -0.142. The zero-order valence-electron chi connectivity index (χ0n) is 17.7. The Kier molecular flexibility index (Phi) is 7.85. The molecule has 29 heavy (non-hydrogen) atoms. The molecule has 2 aromatic rings. The van der Waals surface area contributed by atoms with Gasteiger partial charge in [-0.15, -0.1) is 0 Å². The summed E-state index contributed by atoms with van der Waals surface area (Å²) in [6.07, 6.45) is 0. The van der Waals surface area contributed by atoms with Crippen LogP contribution in [0.2, 0.25) is 0 Å². The minimum atomic E-state index is -0.618. The zero-order chi connectivity index (χ0) is 21.6. The van der Waals surface area contributed by atoms with Gasteiger partial charge in [-0.05, 0) is 41.7 Å². The van der Waals surface area contributed by atoms with Crippen molar-refractivity contribution in [2.75, 3.05) is 13.7 Å². The van der Waals surface area contributed by atoms with Crippen molar-refractivity contribution in [3.8, 4) is 5.75 Å². The molecule has 0 aliphatic heterocycles. The lowest BCUT2D eigenvalue weighted by Gasteiger charge is -2.29. The number of nitrogens with one attached hydrogen (secondary N) is 1. The molecule has 2 aromatic carbocycles. The zero-order valence-corrected chi connectivity index (χ0v) is 19.2. The van der Waals surface area contributed by atoms with Crippen molar-refractivity contribution in [3.05, 3.63) is 64.1 Å². The molecule has 5 nitrogen and oxygen atoms in total. The number of ether oxygens (including phenoxy) is 1. The minimum absolute atomic E-state index is 0.106. The first-order chi connectivity index (χ1) is 13.6. The van der Waals surface area contributed by atoms with Gasteiger partial charge in [0.2, 0.25) is 5.91 Å². The lowest BCUT2D eigenvalue weighted by Crippen LogP contribution is -2.48. The third-order valence-corrected chi connectivity index (χ3v) is 5.20. The number of rotatable bonds is 7. The van der Waals surface area contributed by atoms with Gasteiger partial charge in [0.05, 0.1) is 0 Å². The highest BCUT2D eigenvalue weighted by atomic mass is 79.9. The molecule has 6 heteroatoms. The maximum atomic E-state index is 13.0. The van der Waals surface area contributed by atoms with Crippen LogP contribution in [0.25, 0.3) is 0 Å². The standard InChI is InChI=1S/C23H29BrN2O3/c1-16(22(28)25-5)26(14-17-9-8-10-18(24)13-17)21(27)15-29-20-12-7-6-11-19(20)23(2,3)4/h6-13,16H,14-15H2,1-5H3,(H,25,28)/t16-/m0/s1. The van der Waals surface area contributed by atoms with Crippen LogP contribution < -0.4 is 10.1 Å². The fourth-order valence-corrected chi connectivity index (χ4v) is 3.50. The highest BCUT2D eigenvalue weighted by Crippen LogP contribution is 2.31. The van der Waals surface area contributed by atoms with Gasteiger partial charge in [0.15, 0.2) is 6.61 Å². The second kappa shape index (κ2) is 9.92. The topological polar surface area (TPSA) is 58.6 Å². The second-order valence-electron chi connectivity index (χ2n) is 7.98. The average molecular weight is 461 g/mol. The van der Waals surface area contributed by atoms with Crippen molar-refractivity contribution >= 4 is 27.7 Å². The first-order valence-corrected chi connectivity index (χ1v) is 10.4. The van der Waals surface area contributed by atoms with E-state index < -0.39 is 6.04 Å². The van der Waals surface area contributed by atoms with Crippen LogP contribution in [-0.2, 0) is 21.5 Å². The third kappa shape index (κ3) is 6.32. The second-order valence-corrected chi connectivity index (χ2v) is 8.89. The summed E-state index contributed by atoms with van der Waals surface area (Å²) in [7, 11) is 1.57. The van der Waals surface area contributed by atoms with Crippen LogP contribution >= 0.6 is 15.9 Å². The van der Waals surface area contributed by atoms with Gasteiger partial charge in [0.1, 0.15) is 11.8 Å². The van der Waals surface area contributed by atoms with E-state index in [9.17, 15) is 9.59 Å². The van der Waals surface area contributed by atoms with E-state index in [1.807, 2.05) is 48.5 Å². The Morgan fingerprint density at radius 3 is 2.45 bits per heavy atom. The van der Waals surface area contributed by atoms with Gasteiger partial charge in [-0.2, -0.15) is 0 Å². The summed E-state index contributed by atoms with van der Waals surface area (Å²) < 4.78 is 6.82. The molecule has 0 heterocycles. The van der Waals surface area contributed by atoms with Crippen LogP contribution in [0.1, 0.15) is 38.8 Å². The average Bonchev–Trinajstić information content (AvgIpc) is 2.68. The molecule has 0 fully saturated rings. The predicted molar refractivity (Wildman–Crippen MR) is 119 cm³/mol. The molecule has 2 amide bonds. The summed E-state index contributed by atoms with van der Waals surface area (Å²) in [6.45, 7) is 8.20. The molecule has 156 valence electrons. The maximum Gasteiger partial charge on any atom is 0.261 e. The number of likely N-dealkylation sites (N-methyl/N-ethyl adjacent to an activating group) is 1. The van der Waals surface area contributed by atoms with E-state index in [1.165, 1.54) is 0 Å². The summed E-state index contributed by atoms with van der Waals surface area (Å²) in [5.41, 5.74) is 1.86. The quantitative estimate of drug-likeness (QED) is 0.670. The highest BCUT2D eigenvalue weighted by Gasteiger charge is 2.26. The number of hydrogen-bond acceptors (Lipinski definition) is 3. The normalized spacial score (nSPS) is 12.2. The molecule has 0 saturated carbocycles. The Morgan fingerprint density at radius 2 is 1.83 bits per heavy atom. The fraction of sp³-hybridized carbons (Fsp3) is 0.391. The molecule has 0 aliphatic carbocycles. The molecule has 1 atom stereocenters. The Morgan fingerprint density at radius 1 is 1.14 bits per heavy atom. The lowest BCUT2D eigenvalue weighted by atomic mass is 9.86. The number of halogens is 1. The van der Waals surface area contributed by atoms with Crippen molar-refractivity contribution < 1.29 is 14.3 Å². The number of nitrogens with zero attached hydrogens (tertiary/aromatic N) is 1. The summed E-state index contributed by atoms with van der Waals surface area (Å²) in [4.78, 5) is 26.8. The molecule has 0 spiro atoms. The van der Waals surface area contributed by atoms with E-state index in [0.717, 1.165) is 15.6 Å². The van der Waals surface area contributed by atoms with Gasteiger partial charge in [-0.25, -0.2) is 0 Å². The van der Waals surface area contributed by atoms with Crippen molar-refractivity contribution in [1.82, 2.24) is 10.2 Å². The molecule has 0 unspecified atom stereocenters. The van der Waals surface area contributed by atoms with E-state index in [2.05, 4.69) is 42.0 Å². The van der Waals surface area contributed by atoms with Crippen molar-refractivity contribution in [3.63, 3.8) is 0 Å². The highest BCUT2D eigenvalue weighted by molar-refractivity contribution is 9.10. The van der Waals surface area contributed by atoms with Gasteiger partial charge in [0.25, 0.3) is 5.91 Å². The first-order valence-electron chi connectivity index (χ1n) is 9.61. The van der Waals surface area contributed by atoms with E-state index >= 15 is 0 Å². The number of carbonyl (C=O) groups excluding carboxylic acids is 2. The van der Waals surface area contributed by atoms with Gasteiger partial charge in [-0.3, -0.25) is 9.59 Å². The summed E-state index contributed by atoms with van der Waals surface area (Å²) in [5, 5.41) is 2.62. The molecule has 1 N–H and O–H groups in total. The Hall–Kier alpha value is -2.34.